The Bertz CT molecular complexity index is 2700. The number of hydrogen-bond donors (Lipinski definition) is 32. The van der Waals surface area contributed by atoms with Gasteiger partial charge in [-0.25, -0.2) is 9.59 Å². The second-order valence-corrected chi connectivity index (χ2v) is 26.1. The van der Waals surface area contributed by atoms with E-state index in [1.54, 1.807) is 0 Å². The van der Waals surface area contributed by atoms with Crippen LogP contribution >= 0.6 is 0 Å². The molecule has 44 atom stereocenters. The quantitative estimate of drug-likeness (QED) is 0.0331. The Hall–Kier alpha value is -2.86. The summed E-state index contributed by atoms with van der Waals surface area (Å²) in [5.41, 5.74) is 11.7. The molecule has 8 heterocycles. The molecule has 0 aromatic heterocycles. The van der Waals surface area contributed by atoms with Gasteiger partial charge in [0.15, 0.2) is 37.7 Å². The molecule has 8 fully saturated rings. The number of ether oxygens (including phenoxy) is 15. The van der Waals surface area contributed by atoms with E-state index < -0.39 is 340 Å². The van der Waals surface area contributed by atoms with E-state index in [1.807, 2.05) is 0 Å². The second-order valence-electron chi connectivity index (χ2n) is 26.1. The van der Waals surface area contributed by atoms with Gasteiger partial charge in [0.25, 0.3) is 11.6 Å². The highest BCUT2D eigenvalue weighted by Crippen LogP contribution is 2.45. The van der Waals surface area contributed by atoms with Crippen molar-refractivity contribution in [3.63, 3.8) is 0 Å². The summed E-state index contributed by atoms with van der Waals surface area (Å²) in [5, 5.41) is 327. The minimum absolute atomic E-state index is 0.836. The molecule has 8 saturated heterocycles. The number of hydrogen-bond acceptors (Lipinski definition) is 47. The van der Waals surface area contributed by atoms with Gasteiger partial charge in [0.1, 0.15) is 201 Å². The van der Waals surface area contributed by atoms with Crippen LogP contribution in [0.5, 0.6) is 0 Å². The van der Waals surface area contributed by atoms with Crippen LogP contribution in [0.2, 0.25) is 0 Å². The molecular formula is C55H94N2O47. The van der Waals surface area contributed by atoms with E-state index in [-0.39, 0.29) is 0 Å². The normalized spacial score (nSPS) is 49.8. The van der Waals surface area contributed by atoms with E-state index in [1.165, 1.54) is 0 Å². The third kappa shape index (κ3) is 17.6. The second kappa shape index (κ2) is 36.1. The Kier molecular flexibility index (Phi) is 30.1. The van der Waals surface area contributed by atoms with Crippen LogP contribution in [0.25, 0.3) is 0 Å². The van der Waals surface area contributed by atoms with Crippen molar-refractivity contribution >= 4 is 11.9 Å². The molecule has 0 radical (unpaired) electrons. The molecule has 0 unspecified atom stereocenters. The molecule has 606 valence electrons. The van der Waals surface area contributed by atoms with Crippen LogP contribution in [0.15, 0.2) is 0 Å². The van der Waals surface area contributed by atoms with Crippen molar-refractivity contribution in [1.82, 2.24) is 0 Å². The SMILES string of the molecule is N[C@@H]1[C@@H](O)[C@H](O)[C@@H](CO[C@@H]2O[C@H](CO[C@]3(C(=O)O)C[C@@H](O[C@@]4(C(=O)O)O[C@H]([C@H](O)CO)[C@H](O)[C@H](O)[C@@H]4O)[C@@H](O[C@H]4O[C@H]([C@@H](O)CO)[C@@H](O[C@@H]5O[C@H](CO)[C@@H](O)[C@H](O)[C@H]5O)[C@H](O[C@H]5O[C@H]([C@@H](O)CO[C@H]6O[C@H]([C@@H](O)CO)[C@@H](O)[C@H](O)[C@@H]6O)[C@@H](O)[C@H](O)[C@@H]5O)[C@@H]4O)[C@@H]([C@H](O)CO)O3)[C@@H](O)[C@H](O)[C@H]2N)O[C@@H]1O. The van der Waals surface area contributed by atoms with Crippen LogP contribution in [0, 0.1) is 0 Å². The van der Waals surface area contributed by atoms with E-state index >= 15 is 0 Å². The van der Waals surface area contributed by atoms with Crippen molar-refractivity contribution in [1.29, 1.82) is 0 Å². The van der Waals surface area contributed by atoms with E-state index in [0.717, 1.165) is 0 Å². The van der Waals surface area contributed by atoms with Crippen molar-refractivity contribution < 1.29 is 234 Å². The molecule has 8 aliphatic rings. The number of carboxylic acids is 2. The third-order valence-electron chi connectivity index (χ3n) is 19.1. The van der Waals surface area contributed by atoms with Gasteiger partial charge in [-0.05, 0) is 0 Å². The van der Waals surface area contributed by atoms with Gasteiger partial charge in [-0.1, -0.05) is 0 Å². The fraction of sp³-hybridized carbons (Fsp3) is 0.964. The fourth-order valence-corrected chi connectivity index (χ4v) is 12.9. The van der Waals surface area contributed by atoms with Gasteiger partial charge in [0.05, 0.1) is 71.0 Å². The van der Waals surface area contributed by atoms with Gasteiger partial charge in [-0.15, -0.1) is 0 Å². The summed E-state index contributed by atoms with van der Waals surface area (Å²) < 4.78 is 85.4. The lowest BCUT2D eigenvalue weighted by atomic mass is 9.88. The monoisotopic (exact) mass is 1530 g/mol. The Morgan fingerprint density at radius 1 is 0.394 bits per heavy atom. The number of carbonyl (C=O) groups is 2. The highest BCUT2D eigenvalue weighted by Gasteiger charge is 2.67. The van der Waals surface area contributed by atoms with Crippen molar-refractivity contribution in [3.8, 4) is 0 Å². The Morgan fingerprint density at radius 3 is 1.40 bits per heavy atom. The first-order valence-corrected chi connectivity index (χ1v) is 32.3. The molecule has 49 heteroatoms. The first-order valence-electron chi connectivity index (χ1n) is 32.3. The summed E-state index contributed by atoms with van der Waals surface area (Å²) in [4.78, 5) is 27.7. The van der Waals surface area contributed by atoms with E-state index in [0.29, 0.717) is 0 Å². The molecule has 104 heavy (non-hydrogen) atoms. The zero-order valence-corrected chi connectivity index (χ0v) is 54.1. The third-order valence-corrected chi connectivity index (χ3v) is 19.1. The van der Waals surface area contributed by atoms with Crippen LogP contribution in [0.3, 0.4) is 0 Å². The number of aliphatic carboxylic acids is 2. The zero-order chi connectivity index (χ0) is 77.4. The lowest BCUT2D eigenvalue weighted by Crippen LogP contribution is -2.74. The Morgan fingerprint density at radius 2 is 0.837 bits per heavy atom. The molecular weight excluding hydrogens is 1440 g/mol. The standard InChI is InChI=1S/C55H94N2O47/c56-19-24(71)22(69)17(93-46(19)85)8-91-47-20(57)25(72)23(70)18(95-47)9-92-54(52(86)87)1-15(102-55(53(88)89)45(84)32(79)31(78)39(104-55)11(64)3-59)42(41(103-54)13(66)5-61)99-51-36(83)43(44(40(98-51)12(65)4-60)101-49-34(81)26(73)21(68)16(6-62)94-49)100-50-35(82)28(75)30(77)38(97-50)14(67)7-90-48-33(80)27(74)29(76)37(96-48)10(63)2-58/h10-51,58-85H,1-9,56-57H2,(H,86,87)(H,88,89)/t10-,11+,12-,13+,14-,15+,16+,17+,18+,19+,20+,21+,22+,23+,24+,25+,26-,27-,28-,29-,30-,31+,32-,33-,34+,35-,36-,37+,38+,39+,40+,41+,42+,43+,44+,45-,46-,47+,48-,49-,50+,51+,54+,55+/m0/s1. The van der Waals surface area contributed by atoms with Gasteiger partial charge in [0.2, 0.25) is 0 Å². The maximum absolute atomic E-state index is 13.9. The molecule has 49 nitrogen and oxygen atoms in total. The molecule has 0 spiro atoms. The predicted octanol–water partition coefficient (Wildman–Crippen LogP) is -21.8. The largest absolute Gasteiger partial charge is 0.477 e. The van der Waals surface area contributed by atoms with E-state index in [4.69, 9.17) is 82.5 Å². The Labute approximate surface area is 584 Å². The summed E-state index contributed by atoms with van der Waals surface area (Å²) >= 11 is 0. The van der Waals surface area contributed by atoms with Crippen LogP contribution in [0.4, 0.5) is 0 Å². The first-order chi connectivity index (χ1) is 48.8. The number of nitrogens with two attached hydrogens (primary N) is 2. The molecule has 0 aliphatic carbocycles. The van der Waals surface area contributed by atoms with E-state index in [9.17, 15) is 163 Å². The van der Waals surface area contributed by atoms with Gasteiger partial charge >= 0.3 is 11.9 Å². The van der Waals surface area contributed by atoms with Gasteiger partial charge in [0, 0.05) is 6.42 Å². The lowest BCUT2D eigenvalue weighted by molar-refractivity contribution is -0.421. The van der Waals surface area contributed by atoms with Gasteiger partial charge < -0.3 is 236 Å². The summed E-state index contributed by atoms with van der Waals surface area (Å²) in [7, 11) is 0. The molecule has 0 aromatic rings. The first kappa shape index (κ1) is 86.7. The lowest BCUT2D eigenvalue weighted by Gasteiger charge is -2.53. The highest BCUT2D eigenvalue weighted by molar-refractivity contribution is 5.77. The Balaban J connectivity index is 1.19. The van der Waals surface area contributed by atoms with Crippen molar-refractivity contribution in [2.24, 2.45) is 11.5 Å². The minimum Gasteiger partial charge on any atom is -0.477 e. The van der Waals surface area contributed by atoms with E-state index in [2.05, 4.69) is 0 Å². The maximum Gasteiger partial charge on any atom is 0.367 e. The molecule has 8 rings (SSSR count). The smallest absolute Gasteiger partial charge is 0.367 e. The number of aliphatic hydroxyl groups excluding tert-OH is 28. The molecule has 8 aliphatic heterocycles. The number of carboxylic acid groups (broad SMARTS) is 2. The number of aliphatic hydroxyl groups is 28. The van der Waals surface area contributed by atoms with Crippen molar-refractivity contribution in [2.75, 3.05) is 52.9 Å². The summed E-state index contributed by atoms with van der Waals surface area (Å²) in [6, 6.07) is -3.27. The molecule has 0 aromatic carbocycles. The number of rotatable bonds is 29. The summed E-state index contributed by atoms with van der Waals surface area (Å²) in [6.45, 7) is -10.2. The van der Waals surface area contributed by atoms with Crippen LogP contribution in [0.1, 0.15) is 6.42 Å². The minimum atomic E-state index is -4.04. The van der Waals surface area contributed by atoms with Crippen LogP contribution in [-0.2, 0) is 80.6 Å². The fourth-order valence-electron chi connectivity index (χ4n) is 12.9. The average molecular weight is 1540 g/mol. The van der Waals surface area contributed by atoms with Gasteiger partial charge in [-0.3, -0.25) is 0 Å². The highest BCUT2D eigenvalue weighted by atomic mass is 16.8. The molecule has 0 bridgehead atoms. The van der Waals surface area contributed by atoms with Gasteiger partial charge in [-0.2, -0.15) is 0 Å². The summed E-state index contributed by atoms with van der Waals surface area (Å²) in [5.74, 6) is -12.6. The zero-order valence-electron chi connectivity index (χ0n) is 54.1. The molecule has 34 N–H and O–H groups in total. The van der Waals surface area contributed by atoms with Crippen LogP contribution < -0.4 is 11.5 Å². The maximum atomic E-state index is 13.9. The predicted molar refractivity (Wildman–Crippen MR) is 310 cm³/mol. The average Bonchev–Trinajstić information content (AvgIpc) is 0.735. The molecule has 0 saturated carbocycles. The topological polar surface area (TPSA) is 832 Å². The van der Waals surface area contributed by atoms with Crippen molar-refractivity contribution in [2.45, 2.75) is 275 Å². The summed E-state index contributed by atoms with van der Waals surface area (Å²) in [6.07, 6.45) is -96.0. The van der Waals surface area contributed by atoms with Crippen LogP contribution in [-0.4, -0.2) is 487 Å². The molecule has 0 amide bonds. The van der Waals surface area contributed by atoms with Crippen molar-refractivity contribution in [3.05, 3.63) is 0 Å².